The molecule has 0 aliphatic rings. The fraction of sp³-hybridized carbons (Fsp3) is 0.467. The molecule has 0 fully saturated rings. The summed E-state index contributed by atoms with van der Waals surface area (Å²) in [6.07, 6.45) is 0. The van der Waals surface area contributed by atoms with E-state index in [1.807, 2.05) is 18.2 Å². The van der Waals surface area contributed by atoms with Crippen LogP contribution in [0.15, 0.2) is 30.3 Å². The van der Waals surface area contributed by atoms with Crippen LogP contribution in [-0.2, 0) is 39.9 Å². The van der Waals surface area contributed by atoms with Crippen molar-refractivity contribution in [2.75, 3.05) is 27.8 Å². The average Bonchev–Trinajstić information content (AvgIpc) is 2.53. The maximum Gasteiger partial charge on any atom is 0.375 e. The van der Waals surface area contributed by atoms with Crippen molar-refractivity contribution >= 4 is 11.8 Å². The van der Waals surface area contributed by atoms with E-state index < -0.39 is 17.5 Å². The van der Waals surface area contributed by atoms with Crippen LogP contribution in [0.4, 0.5) is 0 Å². The van der Waals surface area contributed by atoms with Gasteiger partial charge in [0.25, 0.3) is 0 Å². The molecule has 122 valence electrons. The van der Waals surface area contributed by atoms with Crippen molar-refractivity contribution < 1.29 is 33.3 Å². The molecule has 7 nitrogen and oxygen atoms in total. The quantitative estimate of drug-likeness (QED) is 0.365. The Morgan fingerprint density at radius 3 is 2.00 bits per heavy atom. The molecule has 0 aromatic heterocycles. The third kappa shape index (κ3) is 4.88. The van der Waals surface area contributed by atoms with Gasteiger partial charge in [-0.15, -0.1) is 0 Å². The molecular formula is C15H20O7. The lowest BCUT2D eigenvalue weighted by Crippen LogP contribution is -2.52. The molecule has 1 aromatic rings. The Balaban J connectivity index is 2.82. The second-order valence-electron chi connectivity index (χ2n) is 4.34. The predicted molar refractivity (Wildman–Crippen MR) is 75.6 cm³/mol. The molecule has 0 saturated carbocycles. The Hall–Kier alpha value is -1.80. The van der Waals surface area contributed by atoms with Gasteiger partial charge >= 0.3 is 11.8 Å². The van der Waals surface area contributed by atoms with E-state index in [2.05, 4.69) is 0 Å². The highest BCUT2D eigenvalue weighted by Gasteiger charge is 2.48. The Labute approximate surface area is 129 Å². The highest BCUT2D eigenvalue weighted by molar-refractivity contribution is 6.04. The summed E-state index contributed by atoms with van der Waals surface area (Å²) in [4.78, 5) is 24.2. The van der Waals surface area contributed by atoms with Crippen molar-refractivity contribution in [2.24, 2.45) is 0 Å². The predicted octanol–water partition coefficient (Wildman–Crippen LogP) is 1.26. The summed E-state index contributed by atoms with van der Waals surface area (Å²) in [6.45, 7) is 0.518. The number of esters is 1. The van der Waals surface area contributed by atoms with E-state index in [0.717, 1.165) is 12.5 Å². The average molecular weight is 312 g/mol. The van der Waals surface area contributed by atoms with Crippen LogP contribution in [0.3, 0.4) is 0 Å². The maximum atomic E-state index is 12.3. The normalized spacial score (nSPS) is 11.2. The zero-order chi connectivity index (χ0) is 16.4. The van der Waals surface area contributed by atoms with Crippen LogP contribution in [0.5, 0.6) is 0 Å². The SMILES string of the molecule is COCOC(OCOC)(C(C)=O)C(=O)OCc1ccccc1. The molecule has 0 bridgehead atoms. The number of carbonyl (C=O) groups is 2. The lowest BCUT2D eigenvalue weighted by molar-refractivity contribution is -0.277. The van der Waals surface area contributed by atoms with Crippen molar-refractivity contribution in [3.63, 3.8) is 0 Å². The van der Waals surface area contributed by atoms with Crippen molar-refractivity contribution in [3.8, 4) is 0 Å². The summed E-state index contributed by atoms with van der Waals surface area (Å²) in [7, 11) is 2.72. The van der Waals surface area contributed by atoms with Crippen LogP contribution in [0.25, 0.3) is 0 Å². The molecule has 0 aliphatic carbocycles. The third-order valence-corrected chi connectivity index (χ3v) is 2.71. The number of hydrogen-bond acceptors (Lipinski definition) is 7. The molecule has 0 unspecified atom stereocenters. The molecule has 0 heterocycles. The van der Waals surface area contributed by atoms with Crippen LogP contribution >= 0.6 is 0 Å². The molecule has 0 spiro atoms. The fourth-order valence-corrected chi connectivity index (χ4v) is 1.61. The summed E-state index contributed by atoms with van der Waals surface area (Å²) >= 11 is 0. The van der Waals surface area contributed by atoms with Crippen LogP contribution in [0.1, 0.15) is 12.5 Å². The molecule has 0 saturated heterocycles. The van der Waals surface area contributed by atoms with Crippen LogP contribution in [0, 0.1) is 0 Å². The summed E-state index contributed by atoms with van der Waals surface area (Å²) < 4.78 is 24.9. The number of benzene rings is 1. The second-order valence-corrected chi connectivity index (χ2v) is 4.34. The zero-order valence-corrected chi connectivity index (χ0v) is 12.9. The number of hydrogen-bond donors (Lipinski definition) is 0. The second kappa shape index (κ2) is 9.26. The minimum Gasteiger partial charge on any atom is -0.456 e. The number of methoxy groups -OCH3 is 2. The highest BCUT2D eigenvalue weighted by atomic mass is 16.8. The van der Waals surface area contributed by atoms with Gasteiger partial charge in [0.15, 0.2) is 13.6 Å². The standard InChI is InChI=1S/C15H20O7/c1-12(16)15(21-10-18-2,22-11-19-3)14(17)20-9-13-7-5-4-6-8-13/h4-8H,9-11H2,1-3H3. The first kappa shape index (κ1) is 18.2. The van der Waals surface area contributed by atoms with E-state index in [4.69, 9.17) is 23.7 Å². The number of ketones is 1. The molecule has 1 aromatic carbocycles. The smallest absolute Gasteiger partial charge is 0.375 e. The van der Waals surface area contributed by atoms with Gasteiger partial charge in [0.05, 0.1) is 0 Å². The summed E-state index contributed by atoms with van der Waals surface area (Å²) in [5.41, 5.74) is 0.770. The van der Waals surface area contributed by atoms with Gasteiger partial charge < -0.3 is 23.7 Å². The number of Topliss-reactive ketones (excluding diaryl/α,β-unsaturated/α-hetero) is 1. The summed E-state index contributed by atoms with van der Waals surface area (Å²) in [6, 6.07) is 9.03. The number of ether oxygens (including phenoxy) is 5. The van der Waals surface area contributed by atoms with E-state index in [1.54, 1.807) is 12.1 Å². The minimum absolute atomic E-state index is 0.0125. The lowest BCUT2D eigenvalue weighted by atomic mass is 10.2. The largest absolute Gasteiger partial charge is 0.456 e. The third-order valence-electron chi connectivity index (χ3n) is 2.71. The fourth-order valence-electron chi connectivity index (χ4n) is 1.61. The summed E-state index contributed by atoms with van der Waals surface area (Å²) in [5.74, 6) is -3.83. The molecular weight excluding hydrogens is 292 g/mol. The molecule has 0 radical (unpaired) electrons. The monoisotopic (exact) mass is 312 g/mol. The Bertz CT molecular complexity index is 464. The van der Waals surface area contributed by atoms with Crippen molar-refractivity contribution in [2.45, 2.75) is 19.3 Å². The summed E-state index contributed by atoms with van der Waals surface area (Å²) in [5, 5.41) is 0. The topological polar surface area (TPSA) is 80.3 Å². The highest BCUT2D eigenvalue weighted by Crippen LogP contribution is 2.19. The minimum atomic E-state index is -2.21. The molecule has 22 heavy (non-hydrogen) atoms. The van der Waals surface area contributed by atoms with Crippen molar-refractivity contribution in [1.82, 2.24) is 0 Å². The van der Waals surface area contributed by atoms with Gasteiger partial charge in [0.1, 0.15) is 6.61 Å². The maximum absolute atomic E-state index is 12.3. The molecule has 0 aliphatic heterocycles. The van der Waals surface area contributed by atoms with Gasteiger partial charge in [-0.2, -0.15) is 0 Å². The van der Waals surface area contributed by atoms with E-state index in [1.165, 1.54) is 14.2 Å². The van der Waals surface area contributed by atoms with Crippen LogP contribution in [0.2, 0.25) is 0 Å². The van der Waals surface area contributed by atoms with Gasteiger partial charge in [0, 0.05) is 21.1 Å². The number of carbonyl (C=O) groups excluding carboxylic acids is 2. The molecule has 0 amide bonds. The van der Waals surface area contributed by atoms with Gasteiger partial charge in [-0.05, 0) is 5.56 Å². The lowest BCUT2D eigenvalue weighted by Gasteiger charge is -2.28. The Morgan fingerprint density at radius 1 is 1.00 bits per heavy atom. The van der Waals surface area contributed by atoms with Gasteiger partial charge in [-0.3, -0.25) is 4.79 Å². The Kier molecular flexibility index (Phi) is 7.69. The van der Waals surface area contributed by atoms with Gasteiger partial charge in [-0.25, -0.2) is 4.79 Å². The molecule has 7 heteroatoms. The molecule has 0 N–H and O–H groups in total. The first-order chi connectivity index (χ1) is 10.6. The van der Waals surface area contributed by atoms with E-state index >= 15 is 0 Å². The van der Waals surface area contributed by atoms with Gasteiger partial charge in [0.2, 0.25) is 5.78 Å². The number of rotatable bonds is 10. The molecule has 0 atom stereocenters. The van der Waals surface area contributed by atoms with Crippen molar-refractivity contribution in [3.05, 3.63) is 35.9 Å². The first-order valence-corrected chi connectivity index (χ1v) is 6.54. The van der Waals surface area contributed by atoms with Crippen LogP contribution < -0.4 is 0 Å². The van der Waals surface area contributed by atoms with E-state index in [9.17, 15) is 9.59 Å². The zero-order valence-electron chi connectivity index (χ0n) is 12.9. The van der Waals surface area contributed by atoms with Crippen molar-refractivity contribution in [1.29, 1.82) is 0 Å². The van der Waals surface area contributed by atoms with E-state index in [0.29, 0.717) is 0 Å². The van der Waals surface area contributed by atoms with Crippen LogP contribution in [-0.4, -0.2) is 45.3 Å². The van der Waals surface area contributed by atoms with E-state index in [-0.39, 0.29) is 20.2 Å². The molecule has 1 rings (SSSR count). The van der Waals surface area contributed by atoms with Gasteiger partial charge in [-0.1, -0.05) is 30.3 Å². The Morgan fingerprint density at radius 2 is 1.55 bits per heavy atom. The first-order valence-electron chi connectivity index (χ1n) is 6.54.